The van der Waals surface area contributed by atoms with Crippen LogP contribution in [-0.4, -0.2) is 25.0 Å². The molecule has 0 radical (unpaired) electrons. The van der Waals surface area contributed by atoms with Gasteiger partial charge in [0, 0.05) is 0 Å². The van der Waals surface area contributed by atoms with E-state index in [2.05, 4.69) is 19.6 Å². The molecule has 190 valence electrons. The molecule has 0 bridgehead atoms. The normalized spacial score (nSPS) is 15.8. The summed E-state index contributed by atoms with van der Waals surface area (Å²) in [6, 6.07) is 29.7. The monoisotopic (exact) mass is 502 g/mol. The molecule has 0 aliphatic carbocycles. The third kappa shape index (κ3) is 6.22. The van der Waals surface area contributed by atoms with E-state index in [0.717, 1.165) is 16.7 Å². The third-order valence-corrected chi connectivity index (χ3v) is 7.25. The van der Waals surface area contributed by atoms with Crippen molar-refractivity contribution in [3.8, 4) is 0 Å². The lowest BCUT2D eigenvalue weighted by molar-refractivity contribution is -0.171. The summed E-state index contributed by atoms with van der Waals surface area (Å²) in [5.74, 6) is -1.29. The molecule has 5 heteroatoms. The van der Waals surface area contributed by atoms with Crippen LogP contribution in [0.15, 0.2) is 103 Å². The number of benzene rings is 3. The molecule has 3 aromatic carbocycles. The summed E-state index contributed by atoms with van der Waals surface area (Å²) < 4.78 is 13.5. The lowest BCUT2D eigenvalue weighted by atomic mass is 9.78. The fraction of sp³-hybridized carbons (Fsp3) is 0.323. The van der Waals surface area contributed by atoms with Crippen LogP contribution in [0.4, 0.5) is 0 Å². The van der Waals surface area contributed by atoms with Gasteiger partial charge in [-0.05, 0) is 57.1 Å². The molecular formula is C31H38O4Si. The highest BCUT2D eigenvalue weighted by atomic mass is 28.4. The first-order valence-corrected chi connectivity index (χ1v) is 15.8. The van der Waals surface area contributed by atoms with E-state index in [1.54, 1.807) is 26.0 Å². The predicted molar refractivity (Wildman–Crippen MR) is 148 cm³/mol. The van der Waals surface area contributed by atoms with Gasteiger partial charge in [0.2, 0.25) is 0 Å². The van der Waals surface area contributed by atoms with Crippen molar-refractivity contribution >= 4 is 14.3 Å². The Labute approximate surface area is 216 Å². The van der Waals surface area contributed by atoms with Crippen molar-refractivity contribution in [3.05, 3.63) is 120 Å². The molecule has 0 aliphatic rings. The minimum Gasteiger partial charge on any atom is -0.453 e. The molecular weight excluding hydrogens is 464 g/mol. The van der Waals surface area contributed by atoms with Crippen molar-refractivity contribution in [1.82, 2.24) is 0 Å². The Morgan fingerprint density at radius 1 is 0.861 bits per heavy atom. The van der Waals surface area contributed by atoms with Crippen molar-refractivity contribution in [2.75, 3.05) is 0 Å². The number of aliphatic hydroxyl groups is 1. The molecule has 3 rings (SSSR count). The van der Waals surface area contributed by atoms with Crippen molar-refractivity contribution < 1.29 is 19.1 Å². The van der Waals surface area contributed by atoms with Gasteiger partial charge in [0.05, 0.1) is 11.5 Å². The molecule has 4 nitrogen and oxygen atoms in total. The van der Waals surface area contributed by atoms with Gasteiger partial charge in [-0.25, -0.2) is 0 Å². The summed E-state index contributed by atoms with van der Waals surface area (Å²) in [6.45, 7) is 11.5. The highest BCUT2D eigenvalue weighted by molar-refractivity contribution is 6.69. The highest BCUT2D eigenvalue weighted by Crippen LogP contribution is 2.48. The smallest absolute Gasteiger partial charge is 0.312 e. The quantitative estimate of drug-likeness (QED) is 0.184. The van der Waals surface area contributed by atoms with E-state index in [1.807, 2.05) is 97.9 Å². The average molecular weight is 503 g/mol. The van der Waals surface area contributed by atoms with Crippen LogP contribution in [0.25, 0.3) is 0 Å². The van der Waals surface area contributed by atoms with Crippen molar-refractivity contribution in [1.29, 1.82) is 0 Å². The Morgan fingerprint density at radius 3 is 1.72 bits per heavy atom. The maximum absolute atomic E-state index is 13.7. The second-order valence-corrected chi connectivity index (χ2v) is 14.8. The minimum atomic E-state index is -2.23. The molecule has 1 N–H and O–H groups in total. The number of esters is 1. The van der Waals surface area contributed by atoms with Crippen molar-refractivity contribution in [2.24, 2.45) is 5.92 Å². The fourth-order valence-corrected chi connectivity index (χ4v) is 5.76. The minimum absolute atomic E-state index is 0.498. The van der Waals surface area contributed by atoms with Gasteiger partial charge in [-0.15, -0.1) is 0 Å². The Bertz CT molecular complexity index is 1100. The summed E-state index contributed by atoms with van der Waals surface area (Å²) in [4.78, 5) is 13.7. The van der Waals surface area contributed by atoms with Gasteiger partial charge in [0.15, 0.2) is 14.4 Å². The number of carbonyl (C=O) groups excluding carboxylic acids is 1. The first-order valence-electron chi connectivity index (χ1n) is 12.4. The molecule has 0 heterocycles. The molecule has 0 aliphatic heterocycles. The molecule has 0 amide bonds. The third-order valence-electron chi connectivity index (χ3n) is 6.31. The number of allylic oxidation sites excluding steroid dienone is 1. The van der Waals surface area contributed by atoms with E-state index in [-0.39, 0.29) is 0 Å². The van der Waals surface area contributed by atoms with Gasteiger partial charge in [-0.3, -0.25) is 4.79 Å². The molecule has 0 aromatic heterocycles. The second kappa shape index (κ2) is 11.4. The maximum atomic E-state index is 13.7. The van der Waals surface area contributed by atoms with Gasteiger partial charge in [0.1, 0.15) is 5.60 Å². The maximum Gasteiger partial charge on any atom is 0.312 e. The predicted octanol–water partition coefficient (Wildman–Crippen LogP) is 7.03. The molecule has 0 unspecified atom stereocenters. The summed E-state index contributed by atoms with van der Waals surface area (Å²) in [5, 5.41) is 10.9. The van der Waals surface area contributed by atoms with Crippen LogP contribution in [0.5, 0.6) is 0 Å². The van der Waals surface area contributed by atoms with E-state index in [1.165, 1.54) is 0 Å². The standard InChI is InChI=1S/C31H38O4Si/c1-7-23-30(3,33)24(2)29(32)34-28(25-17-11-8-12-18-25)31(35-36(4,5)6,26-19-13-9-14-20-26)27-21-15-10-16-22-27/h7-24,28,33H,1-6H3/b23-7+/t24-,28-,30+/m1/s1. The van der Waals surface area contributed by atoms with E-state index in [9.17, 15) is 9.90 Å². The SMILES string of the molecule is C/C=C/[C@](C)(O)[C@H](C)C(=O)O[C@H](c1ccccc1)C(O[Si](C)(C)C)(c1ccccc1)c1ccccc1. The van der Waals surface area contributed by atoms with E-state index < -0.39 is 37.5 Å². The Morgan fingerprint density at radius 2 is 1.31 bits per heavy atom. The van der Waals surface area contributed by atoms with Crippen LogP contribution < -0.4 is 0 Å². The van der Waals surface area contributed by atoms with E-state index in [0.29, 0.717) is 0 Å². The molecule has 0 spiro atoms. The first kappa shape index (κ1) is 27.6. The number of rotatable bonds is 10. The topological polar surface area (TPSA) is 55.8 Å². The Kier molecular flexibility index (Phi) is 8.72. The average Bonchev–Trinajstić information content (AvgIpc) is 2.86. The second-order valence-electron chi connectivity index (χ2n) is 10.4. The molecule has 0 saturated carbocycles. The summed E-state index contributed by atoms with van der Waals surface area (Å²) in [6.07, 6.45) is 2.56. The van der Waals surface area contributed by atoms with E-state index in [4.69, 9.17) is 9.16 Å². The fourth-order valence-electron chi connectivity index (χ4n) is 4.45. The Balaban J connectivity index is 2.30. The molecule has 0 fully saturated rings. The van der Waals surface area contributed by atoms with Crippen LogP contribution >= 0.6 is 0 Å². The lowest BCUT2D eigenvalue weighted by Crippen LogP contribution is -2.48. The van der Waals surface area contributed by atoms with Gasteiger partial charge < -0.3 is 14.3 Å². The molecule has 0 saturated heterocycles. The number of ether oxygens (including phenoxy) is 1. The molecule has 3 atom stereocenters. The van der Waals surface area contributed by atoms with Crippen LogP contribution in [-0.2, 0) is 19.6 Å². The summed E-state index contributed by atoms with van der Waals surface area (Å²) in [5.41, 5.74) is 0.154. The number of hydrogen-bond donors (Lipinski definition) is 1. The van der Waals surface area contributed by atoms with Crippen LogP contribution in [0.2, 0.25) is 19.6 Å². The zero-order valence-electron chi connectivity index (χ0n) is 22.1. The summed E-state index contributed by atoms with van der Waals surface area (Å²) in [7, 11) is -2.23. The molecule has 36 heavy (non-hydrogen) atoms. The lowest BCUT2D eigenvalue weighted by Gasteiger charge is -2.45. The highest BCUT2D eigenvalue weighted by Gasteiger charge is 2.50. The van der Waals surface area contributed by atoms with Crippen LogP contribution in [0.3, 0.4) is 0 Å². The van der Waals surface area contributed by atoms with Gasteiger partial charge in [-0.2, -0.15) is 0 Å². The molecule has 3 aromatic rings. The van der Waals surface area contributed by atoms with E-state index >= 15 is 0 Å². The van der Waals surface area contributed by atoms with Crippen molar-refractivity contribution in [2.45, 2.75) is 57.7 Å². The van der Waals surface area contributed by atoms with Gasteiger partial charge in [0.25, 0.3) is 0 Å². The van der Waals surface area contributed by atoms with Gasteiger partial charge in [-0.1, -0.05) is 103 Å². The zero-order valence-corrected chi connectivity index (χ0v) is 23.1. The zero-order chi connectivity index (χ0) is 26.4. The summed E-state index contributed by atoms with van der Waals surface area (Å²) >= 11 is 0. The largest absolute Gasteiger partial charge is 0.453 e. The first-order chi connectivity index (χ1) is 17.0. The Hall–Kier alpha value is -2.99. The van der Waals surface area contributed by atoms with Crippen molar-refractivity contribution in [3.63, 3.8) is 0 Å². The van der Waals surface area contributed by atoms with Crippen LogP contribution in [0.1, 0.15) is 43.6 Å². The van der Waals surface area contributed by atoms with Crippen LogP contribution in [0, 0.1) is 5.92 Å². The number of hydrogen-bond acceptors (Lipinski definition) is 4. The van der Waals surface area contributed by atoms with Gasteiger partial charge >= 0.3 is 5.97 Å². The number of carbonyl (C=O) groups is 1.